The summed E-state index contributed by atoms with van der Waals surface area (Å²) in [4.78, 5) is 0. The summed E-state index contributed by atoms with van der Waals surface area (Å²) >= 11 is 8.20. The van der Waals surface area contributed by atoms with Gasteiger partial charge in [-0.05, 0) is 69.4 Å². The summed E-state index contributed by atoms with van der Waals surface area (Å²) in [6, 6.07) is 8.68. The van der Waals surface area contributed by atoms with Crippen LogP contribution in [0.5, 0.6) is 0 Å². The van der Waals surface area contributed by atoms with Crippen molar-refractivity contribution in [1.29, 1.82) is 0 Å². The van der Waals surface area contributed by atoms with E-state index < -0.39 is 0 Å². The van der Waals surface area contributed by atoms with Crippen LogP contribution in [-0.2, 0) is 0 Å². The summed E-state index contributed by atoms with van der Waals surface area (Å²) in [5, 5.41) is 16.7. The Morgan fingerprint density at radius 1 is 0.625 bits per heavy atom. The van der Waals surface area contributed by atoms with E-state index >= 15 is 0 Å². The van der Waals surface area contributed by atoms with Gasteiger partial charge in [0, 0.05) is 41.7 Å². The third-order valence-electron chi connectivity index (χ3n) is 4.33. The molecule has 2 heterocycles. The number of benzene rings is 1. The maximum atomic E-state index is 5.72. The van der Waals surface area contributed by atoms with E-state index in [0.29, 0.717) is 0 Å². The Labute approximate surface area is 170 Å². The van der Waals surface area contributed by atoms with Crippen molar-refractivity contribution in [2.75, 3.05) is 0 Å². The molecule has 5 aromatic rings. The van der Waals surface area contributed by atoms with Gasteiger partial charge in [-0.25, -0.2) is 0 Å². The average Bonchev–Trinajstić information content (AvgIpc) is 3.24. The highest BCUT2D eigenvalue weighted by Gasteiger charge is 2.17. The fourth-order valence-corrected chi connectivity index (χ4v) is 7.19. The topological polar surface area (TPSA) is 76.8 Å². The normalized spacial score (nSPS) is 14.2. The second-order valence-corrected chi connectivity index (χ2v) is 11.4. The van der Waals surface area contributed by atoms with Gasteiger partial charge in [-0.2, -0.15) is 10.2 Å². The number of rotatable bonds is 0. The molecule has 5 rings (SSSR count). The summed E-state index contributed by atoms with van der Waals surface area (Å²) in [7, 11) is 0. The van der Waals surface area contributed by atoms with Crippen LogP contribution in [0.1, 0.15) is 0 Å². The van der Waals surface area contributed by atoms with Gasteiger partial charge < -0.3 is 11.7 Å². The number of nitrogens with two attached hydrogens (primary N) is 2. The lowest BCUT2D eigenvalue weighted by atomic mass is 10.1. The highest BCUT2D eigenvalue weighted by atomic mass is 127. The van der Waals surface area contributed by atoms with Gasteiger partial charge in [-0.1, -0.05) is 0 Å². The van der Waals surface area contributed by atoms with Gasteiger partial charge in [0.1, 0.15) is 0 Å². The Bertz CT molecular complexity index is 1290. The van der Waals surface area contributed by atoms with Crippen LogP contribution in [0.4, 0.5) is 0 Å². The molecule has 2 aromatic heterocycles. The molecule has 3 aromatic carbocycles. The maximum Gasteiger partial charge on any atom is 0.0993 e. The standard InChI is InChI=1S/C16H8I2N4S2/c17-11-4-10-14(22-20)6-2-8-5(1-7(6)15(10)23-11)13(21-19)9-3-12(18)24-16(8)9/h1-4H,19-20H2. The second kappa shape index (κ2) is 5.26. The predicted molar refractivity (Wildman–Crippen MR) is 120 cm³/mol. The molecule has 118 valence electrons. The van der Waals surface area contributed by atoms with Crippen LogP contribution in [0.2, 0.25) is 0 Å². The summed E-state index contributed by atoms with van der Waals surface area (Å²) in [5.74, 6) is 11.4. The van der Waals surface area contributed by atoms with Gasteiger partial charge in [0.2, 0.25) is 0 Å². The smallest absolute Gasteiger partial charge is 0.0993 e. The molecule has 0 radical (unpaired) electrons. The van der Waals surface area contributed by atoms with Gasteiger partial charge in [0.05, 0.1) is 16.5 Å². The van der Waals surface area contributed by atoms with Crippen molar-refractivity contribution in [3.8, 4) is 0 Å². The first kappa shape index (κ1) is 15.3. The average molecular weight is 574 g/mol. The SMILES string of the molecule is NN=c1c2cc3c(cc2c2sc(I)cc12)c(=NN)c1cc(I)sc13. The zero-order valence-electron chi connectivity index (χ0n) is 11.9. The molecule has 0 aliphatic heterocycles. The Balaban J connectivity index is 2.13. The first-order valence-electron chi connectivity index (χ1n) is 6.97. The Hall–Kier alpha value is -0.980. The highest BCUT2D eigenvalue weighted by Crippen LogP contribution is 2.38. The van der Waals surface area contributed by atoms with E-state index in [9.17, 15) is 0 Å². The second-order valence-electron chi connectivity index (χ2n) is 5.49. The Kier molecular flexibility index (Phi) is 3.35. The van der Waals surface area contributed by atoms with E-state index in [1.165, 1.54) is 25.9 Å². The predicted octanol–water partition coefficient (Wildman–Crippen LogP) is 4.06. The number of hydrogen-bond donors (Lipinski definition) is 2. The van der Waals surface area contributed by atoms with E-state index in [0.717, 1.165) is 32.3 Å². The first-order valence-corrected chi connectivity index (χ1v) is 10.8. The number of thiophene rings is 2. The van der Waals surface area contributed by atoms with Crippen molar-refractivity contribution in [1.82, 2.24) is 0 Å². The van der Waals surface area contributed by atoms with E-state index in [1.807, 2.05) is 0 Å². The van der Waals surface area contributed by atoms with Crippen molar-refractivity contribution >= 4 is 110 Å². The molecule has 0 aliphatic rings. The fourth-order valence-electron chi connectivity index (χ4n) is 3.41. The van der Waals surface area contributed by atoms with Gasteiger partial charge in [0.15, 0.2) is 0 Å². The molecule has 8 heteroatoms. The Morgan fingerprint density at radius 2 is 1.04 bits per heavy atom. The number of hydrogen-bond acceptors (Lipinski definition) is 6. The van der Waals surface area contributed by atoms with Gasteiger partial charge in [-0.3, -0.25) is 0 Å². The number of fused-ring (bicyclic) bond motifs is 6. The van der Waals surface area contributed by atoms with Crippen LogP contribution < -0.4 is 22.4 Å². The monoisotopic (exact) mass is 574 g/mol. The molecule has 4 N–H and O–H groups in total. The van der Waals surface area contributed by atoms with Crippen LogP contribution >= 0.6 is 67.9 Å². The van der Waals surface area contributed by atoms with E-state index in [4.69, 9.17) is 11.7 Å². The van der Waals surface area contributed by atoms with E-state index in [-0.39, 0.29) is 0 Å². The van der Waals surface area contributed by atoms with Gasteiger partial charge in [0.25, 0.3) is 0 Å². The molecule has 0 spiro atoms. The number of halogens is 2. The zero-order valence-corrected chi connectivity index (χ0v) is 17.9. The summed E-state index contributed by atoms with van der Waals surface area (Å²) in [5.41, 5.74) is 0. The fraction of sp³-hybridized carbons (Fsp3) is 0. The maximum absolute atomic E-state index is 5.72. The minimum Gasteiger partial charge on any atom is -0.323 e. The lowest BCUT2D eigenvalue weighted by molar-refractivity contribution is 1.17. The van der Waals surface area contributed by atoms with Crippen LogP contribution in [0.25, 0.3) is 41.7 Å². The molecule has 0 saturated carbocycles. The largest absolute Gasteiger partial charge is 0.323 e. The molecule has 0 fully saturated rings. The molecule has 0 aliphatic carbocycles. The molecule has 0 amide bonds. The van der Waals surface area contributed by atoms with Crippen molar-refractivity contribution < 1.29 is 0 Å². The third-order valence-corrected chi connectivity index (χ3v) is 8.19. The van der Waals surface area contributed by atoms with Crippen LogP contribution in [0.3, 0.4) is 0 Å². The van der Waals surface area contributed by atoms with Crippen LogP contribution in [0, 0.1) is 5.77 Å². The Morgan fingerprint density at radius 3 is 1.42 bits per heavy atom. The molecule has 0 unspecified atom stereocenters. The van der Waals surface area contributed by atoms with Crippen molar-refractivity contribution in [2.45, 2.75) is 0 Å². The molecular formula is C16H8I2N4S2. The quantitative estimate of drug-likeness (QED) is 0.167. The molecule has 0 saturated heterocycles. The van der Waals surface area contributed by atoms with Crippen molar-refractivity contribution in [2.24, 2.45) is 21.9 Å². The van der Waals surface area contributed by atoms with E-state index in [1.54, 1.807) is 22.7 Å². The van der Waals surface area contributed by atoms with Gasteiger partial charge in [-0.15, -0.1) is 22.7 Å². The van der Waals surface area contributed by atoms with Gasteiger partial charge >= 0.3 is 0 Å². The lowest BCUT2D eigenvalue weighted by Gasteiger charge is -1.95. The van der Waals surface area contributed by atoms with E-state index in [2.05, 4.69) is 79.7 Å². The summed E-state index contributed by atoms with van der Waals surface area (Å²) < 4.78 is 4.91. The van der Waals surface area contributed by atoms with Crippen LogP contribution in [0.15, 0.2) is 34.5 Å². The minimum atomic E-state index is 0.868. The number of nitrogens with zero attached hydrogens (tertiary/aromatic N) is 2. The lowest BCUT2D eigenvalue weighted by Crippen LogP contribution is -2.04. The molecule has 4 nitrogen and oxygen atoms in total. The zero-order chi connectivity index (χ0) is 16.6. The molecule has 0 bridgehead atoms. The first-order chi connectivity index (χ1) is 11.6. The van der Waals surface area contributed by atoms with Crippen LogP contribution in [-0.4, -0.2) is 0 Å². The summed E-state index contributed by atoms with van der Waals surface area (Å²) in [6.07, 6.45) is 0. The minimum absolute atomic E-state index is 0.868. The van der Waals surface area contributed by atoms with Crippen molar-refractivity contribution in [3.63, 3.8) is 0 Å². The summed E-state index contributed by atoms with van der Waals surface area (Å²) in [6.45, 7) is 0. The molecule has 24 heavy (non-hydrogen) atoms. The third kappa shape index (κ3) is 1.88. The highest BCUT2D eigenvalue weighted by molar-refractivity contribution is 14.1. The molecule has 0 atom stereocenters. The molecular weight excluding hydrogens is 566 g/mol. The van der Waals surface area contributed by atoms with Crippen molar-refractivity contribution in [3.05, 3.63) is 40.7 Å².